The third-order valence-electron chi connectivity index (χ3n) is 5.75. The number of aliphatic hydroxyl groups excluding tert-OH is 1. The van der Waals surface area contributed by atoms with E-state index in [1.54, 1.807) is 25.6 Å². The molecule has 3 aromatic heterocycles. The number of nitrogens with zero attached hydrogens (tertiary/aromatic N) is 4. The zero-order valence-corrected chi connectivity index (χ0v) is 17.7. The Bertz CT molecular complexity index is 1060. The van der Waals surface area contributed by atoms with Gasteiger partial charge in [0.15, 0.2) is 0 Å². The lowest BCUT2D eigenvalue weighted by molar-refractivity contribution is 0.0690. The van der Waals surface area contributed by atoms with Crippen LogP contribution in [0, 0.1) is 0 Å². The first kappa shape index (κ1) is 21.2. The van der Waals surface area contributed by atoms with Gasteiger partial charge in [0.25, 0.3) is 0 Å². The molecule has 4 rings (SSSR count). The lowest BCUT2D eigenvalue weighted by Gasteiger charge is -2.25. The van der Waals surface area contributed by atoms with Crippen molar-refractivity contribution in [1.29, 1.82) is 0 Å². The minimum absolute atomic E-state index is 0.00335. The lowest BCUT2D eigenvalue weighted by atomic mass is 9.85. The zero-order chi connectivity index (χ0) is 22.0. The van der Waals surface area contributed by atoms with Crippen molar-refractivity contribution in [3.8, 4) is 11.1 Å². The number of anilines is 1. The highest BCUT2D eigenvalue weighted by Gasteiger charge is 2.25. The second-order valence-corrected chi connectivity index (χ2v) is 8.11. The van der Waals surface area contributed by atoms with Gasteiger partial charge in [0.05, 0.1) is 24.4 Å². The molecule has 3 aromatic rings. The largest absolute Gasteiger partial charge is 0.477 e. The van der Waals surface area contributed by atoms with Crippen LogP contribution in [0.4, 0.5) is 5.95 Å². The van der Waals surface area contributed by atoms with E-state index >= 15 is 0 Å². The maximum Gasteiger partial charge on any atom is 0.354 e. The number of fused-ring (bicyclic) bond motifs is 1. The second-order valence-electron chi connectivity index (χ2n) is 8.11. The Labute approximate surface area is 180 Å². The van der Waals surface area contributed by atoms with E-state index in [1.165, 1.54) is 6.07 Å². The summed E-state index contributed by atoms with van der Waals surface area (Å²) in [5.41, 5.74) is 3.60. The number of aliphatic hydroxyl groups is 1. The number of aromatic nitrogens is 4. The number of hydrogen-bond acceptors (Lipinski definition) is 7. The highest BCUT2D eigenvalue weighted by Crippen LogP contribution is 2.37. The van der Waals surface area contributed by atoms with Gasteiger partial charge in [-0.05, 0) is 44.7 Å². The van der Waals surface area contributed by atoms with E-state index in [2.05, 4.69) is 21.4 Å². The summed E-state index contributed by atoms with van der Waals surface area (Å²) < 4.78 is 7.10. The van der Waals surface area contributed by atoms with Gasteiger partial charge in [0.2, 0.25) is 5.95 Å². The Morgan fingerprint density at radius 1 is 1.26 bits per heavy atom. The molecule has 3 heterocycles. The summed E-state index contributed by atoms with van der Waals surface area (Å²) >= 11 is 0. The predicted molar refractivity (Wildman–Crippen MR) is 115 cm³/mol. The number of pyridine rings is 1. The maximum absolute atomic E-state index is 11.1. The highest BCUT2D eigenvalue weighted by molar-refractivity contribution is 5.87. The first-order valence-corrected chi connectivity index (χ1v) is 10.5. The molecule has 0 spiro atoms. The molecule has 0 aromatic carbocycles. The molecule has 9 nitrogen and oxygen atoms in total. The minimum atomic E-state index is -1.06. The van der Waals surface area contributed by atoms with Gasteiger partial charge in [-0.3, -0.25) is 0 Å². The Kier molecular flexibility index (Phi) is 6.15. The average molecular weight is 425 g/mol. The van der Waals surface area contributed by atoms with E-state index in [0.29, 0.717) is 12.6 Å². The molecular weight excluding hydrogens is 398 g/mol. The van der Waals surface area contributed by atoms with Crippen LogP contribution in [0.5, 0.6) is 0 Å². The van der Waals surface area contributed by atoms with Crippen molar-refractivity contribution in [1.82, 2.24) is 19.6 Å². The summed E-state index contributed by atoms with van der Waals surface area (Å²) in [4.78, 5) is 19.7. The van der Waals surface area contributed by atoms with E-state index in [9.17, 15) is 9.90 Å². The Morgan fingerprint density at radius 2 is 2.03 bits per heavy atom. The molecule has 1 saturated carbocycles. The molecular formula is C22H27N5O4. The molecule has 0 saturated heterocycles. The first-order valence-electron chi connectivity index (χ1n) is 10.5. The van der Waals surface area contributed by atoms with E-state index in [4.69, 9.17) is 14.9 Å². The van der Waals surface area contributed by atoms with Gasteiger partial charge in [-0.25, -0.2) is 19.3 Å². The number of aromatic carboxylic acids is 1. The SMILES string of the molecule is COC[C@H](C)Nc1ncc2c(-c3ccc(C(=O)O)nc3)cc(C3CCC(O)CC3)n2n1. The smallest absolute Gasteiger partial charge is 0.354 e. The van der Waals surface area contributed by atoms with Crippen molar-refractivity contribution >= 4 is 17.4 Å². The molecule has 0 aliphatic heterocycles. The van der Waals surface area contributed by atoms with Gasteiger partial charge in [0.1, 0.15) is 5.69 Å². The highest BCUT2D eigenvalue weighted by atomic mass is 16.5. The number of carboxylic acids is 1. The van der Waals surface area contributed by atoms with Crippen LogP contribution in [0.25, 0.3) is 16.6 Å². The van der Waals surface area contributed by atoms with Crippen molar-refractivity contribution in [2.75, 3.05) is 19.0 Å². The summed E-state index contributed by atoms with van der Waals surface area (Å²) in [6.45, 7) is 2.53. The number of rotatable bonds is 7. The molecule has 1 atom stereocenters. The van der Waals surface area contributed by atoms with Crippen molar-refractivity contribution < 1.29 is 19.7 Å². The first-order chi connectivity index (χ1) is 15.0. The predicted octanol–water partition coefficient (Wildman–Crippen LogP) is 2.95. The Hall–Kier alpha value is -3.04. The maximum atomic E-state index is 11.1. The Morgan fingerprint density at radius 3 is 2.68 bits per heavy atom. The van der Waals surface area contributed by atoms with Gasteiger partial charge in [-0.1, -0.05) is 6.07 Å². The fraction of sp³-hybridized carbons (Fsp3) is 0.455. The van der Waals surface area contributed by atoms with E-state index < -0.39 is 5.97 Å². The number of hydrogen-bond donors (Lipinski definition) is 3. The summed E-state index contributed by atoms with van der Waals surface area (Å²) in [6, 6.07) is 5.40. The molecule has 1 aliphatic carbocycles. The van der Waals surface area contributed by atoms with Gasteiger partial charge in [-0.15, -0.1) is 5.10 Å². The average Bonchev–Trinajstić information content (AvgIpc) is 3.13. The van der Waals surface area contributed by atoms with Gasteiger partial charge in [0, 0.05) is 42.1 Å². The fourth-order valence-corrected chi connectivity index (χ4v) is 4.17. The van der Waals surface area contributed by atoms with E-state index in [1.807, 2.05) is 11.4 Å². The number of carbonyl (C=O) groups is 1. The van der Waals surface area contributed by atoms with Crippen LogP contribution in [-0.2, 0) is 4.74 Å². The third kappa shape index (κ3) is 4.52. The lowest BCUT2D eigenvalue weighted by Crippen LogP contribution is -2.23. The van der Waals surface area contributed by atoms with Crippen LogP contribution in [0.2, 0.25) is 0 Å². The quantitative estimate of drug-likeness (QED) is 0.528. The van der Waals surface area contributed by atoms with Gasteiger partial charge < -0.3 is 20.3 Å². The number of ether oxygens (including phenoxy) is 1. The molecule has 3 N–H and O–H groups in total. The summed E-state index contributed by atoms with van der Waals surface area (Å²) in [7, 11) is 1.65. The topological polar surface area (TPSA) is 122 Å². The van der Waals surface area contributed by atoms with Crippen LogP contribution in [0.1, 0.15) is 54.7 Å². The van der Waals surface area contributed by atoms with Gasteiger partial charge >= 0.3 is 5.97 Å². The van der Waals surface area contributed by atoms with E-state index in [-0.39, 0.29) is 23.8 Å². The van der Waals surface area contributed by atoms with Crippen LogP contribution < -0.4 is 5.32 Å². The van der Waals surface area contributed by atoms with Crippen molar-refractivity contribution in [2.45, 2.75) is 50.7 Å². The van der Waals surface area contributed by atoms with Gasteiger partial charge in [-0.2, -0.15) is 0 Å². The van der Waals surface area contributed by atoms with Crippen molar-refractivity contribution in [2.24, 2.45) is 0 Å². The molecule has 0 amide bonds. The standard InChI is InChI=1S/C22H27N5O4/c1-13(12-31-2)25-22-24-11-20-17(15-5-8-18(21(29)30)23-10-15)9-19(27(20)26-22)14-3-6-16(28)7-4-14/h5,8-11,13-14,16,28H,3-4,6-7,12H2,1-2H3,(H,25,26)(H,29,30)/t13-,14?,16?/m0/s1. The van der Waals surface area contributed by atoms with Crippen LogP contribution in [0.15, 0.2) is 30.6 Å². The summed E-state index contributed by atoms with van der Waals surface area (Å²) in [5, 5.41) is 27.1. The van der Waals surface area contributed by atoms with Crippen LogP contribution in [-0.4, -0.2) is 61.6 Å². The fourth-order valence-electron chi connectivity index (χ4n) is 4.17. The molecule has 164 valence electrons. The summed E-state index contributed by atoms with van der Waals surface area (Å²) in [6.07, 6.45) is 6.41. The normalized spacial score (nSPS) is 20.0. The molecule has 1 aliphatic rings. The number of nitrogens with one attached hydrogen (secondary N) is 1. The molecule has 0 radical (unpaired) electrons. The van der Waals surface area contributed by atoms with Crippen LogP contribution in [0.3, 0.4) is 0 Å². The van der Waals surface area contributed by atoms with Crippen molar-refractivity contribution in [3.63, 3.8) is 0 Å². The molecule has 9 heteroatoms. The molecule has 0 bridgehead atoms. The molecule has 0 unspecified atom stereocenters. The van der Waals surface area contributed by atoms with Crippen LogP contribution >= 0.6 is 0 Å². The minimum Gasteiger partial charge on any atom is -0.477 e. The number of carboxylic acid groups (broad SMARTS) is 1. The zero-order valence-electron chi connectivity index (χ0n) is 17.7. The molecule has 31 heavy (non-hydrogen) atoms. The third-order valence-corrected chi connectivity index (χ3v) is 5.75. The monoisotopic (exact) mass is 425 g/mol. The number of methoxy groups -OCH3 is 1. The van der Waals surface area contributed by atoms with Crippen molar-refractivity contribution in [3.05, 3.63) is 42.0 Å². The Balaban J connectivity index is 1.76. The second kappa shape index (κ2) is 8.99. The van der Waals surface area contributed by atoms with E-state index in [0.717, 1.165) is 48.0 Å². The summed E-state index contributed by atoms with van der Waals surface area (Å²) in [5.74, 6) is -0.273. The molecule has 1 fully saturated rings.